The van der Waals surface area contributed by atoms with Crippen LogP contribution in [0, 0.1) is 0 Å². The Morgan fingerprint density at radius 3 is 2.35 bits per heavy atom. The molecule has 12 heteroatoms. The molecule has 0 saturated heterocycles. The fourth-order valence-electron chi connectivity index (χ4n) is 5.06. The average Bonchev–Trinajstić information content (AvgIpc) is 3.31. The molecule has 0 saturated carbocycles. The number of thiazole rings is 1. The number of allylic oxidation sites excluding steroid dienone is 1. The lowest BCUT2D eigenvalue weighted by Crippen LogP contribution is -2.40. The maximum absolute atomic E-state index is 14.1. The van der Waals surface area contributed by atoms with E-state index in [1.54, 1.807) is 30.6 Å². The molecule has 0 amide bonds. The molecule has 0 aliphatic carbocycles. The van der Waals surface area contributed by atoms with E-state index in [-0.39, 0.29) is 24.3 Å². The molecule has 0 N–H and O–H groups in total. The minimum absolute atomic E-state index is 0.183. The Morgan fingerprint density at radius 2 is 1.67 bits per heavy atom. The summed E-state index contributed by atoms with van der Waals surface area (Å²) in [5.41, 5.74) is 2.77. The van der Waals surface area contributed by atoms with Crippen LogP contribution in [0.5, 0.6) is 17.2 Å². The summed E-state index contributed by atoms with van der Waals surface area (Å²) < 4.78 is 26.5. The van der Waals surface area contributed by atoms with E-state index in [2.05, 4.69) is 36.9 Å². The monoisotopic (exact) mass is 788 g/mol. The van der Waals surface area contributed by atoms with E-state index in [0.717, 1.165) is 11.1 Å². The second-order valence-corrected chi connectivity index (χ2v) is 13.2. The third kappa shape index (κ3) is 7.12. The Hall–Kier alpha value is -3.38. The van der Waals surface area contributed by atoms with Crippen LogP contribution in [0.15, 0.2) is 84.6 Å². The molecule has 4 aromatic rings. The van der Waals surface area contributed by atoms with Crippen molar-refractivity contribution < 1.29 is 23.7 Å². The SMILES string of the molecule is CCOC(=O)C1=C(C)N=c2s/c(=C\c3cc(Br)c(OCc4ccccc4Cl)c(Br)c3)c(=O)n2[C@@H]1c1ccc(OCC)c(OCC)c1. The summed E-state index contributed by atoms with van der Waals surface area (Å²) in [5.74, 6) is 1.17. The molecule has 0 unspecified atom stereocenters. The van der Waals surface area contributed by atoms with E-state index in [0.29, 0.717) is 65.0 Å². The Labute approximate surface area is 292 Å². The summed E-state index contributed by atoms with van der Waals surface area (Å²) in [5, 5.41) is 0.626. The number of rotatable bonds is 11. The second-order valence-electron chi connectivity index (χ2n) is 10.1. The van der Waals surface area contributed by atoms with E-state index in [1.807, 2.05) is 62.4 Å². The number of benzene rings is 3. The third-order valence-corrected chi connectivity index (χ3v) is 9.58. The molecule has 0 spiro atoms. The van der Waals surface area contributed by atoms with Crippen molar-refractivity contribution in [2.75, 3.05) is 19.8 Å². The molecule has 0 radical (unpaired) electrons. The first-order valence-corrected chi connectivity index (χ1v) is 17.4. The van der Waals surface area contributed by atoms with E-state index in [9.17, 15) is 9.59 Å². The van der Waals surface area contributed by atoms with Gasteiger partial charge >= 0.3 is 5.97 Å². The summed E-state index contributed by atoms with van der Waals surface area (Å²) >= 11 is 14.8. The summed E-state index contributed by atoms with van der Waals surface area (Å²) in [6.07, 6.45) is 1.79. The molecule has 1 aromatic heterocycles. The number of esters is 1. The summed E-state index contributed by atoms with van der Waals surface area (Å²) in [6, 6.07) is 15.9. The number of hydrogen-bond acceptors (Lipinski definition) is 8. The first kappa shape index (κ1) is 34.0. The van der Waals surface area contributed by atoms with Crippen LogP contribution in [-0.2, 0) is 16.1 Å². The van der Waals surface area contributed by atoms with E-state index in [4.69, 9.17) is 30.5 Å². The van der Waals surface area contributed by atoms with Crippen molar-refractivity contribution in [3.63, 3.8) is 0 Å². The molecule has 8 nitrogen and oxygen atoms in total. The zero-order chi connectivity index (χ0) is 33.0. The number of fused-ring (bicyclic) bond motifs is 1. The standard InChI is InChI=1S/C34H31Br2ClN2O6S/c1-5-42-26-13-12-21(17-27(26)43-6-2)30-29(33(41)44-7-3)19(4)38-34-39(30)32(40)28(46-34)16-20-14-23(35)31(24(36)15-20)45-18-22-10-8-9-11-25(22)37/h8-17,30H,5-7,18H2,1-4H3/b28-16-/t30-/m1/s1. The van der Waals surface area contributed by atoms with Crippen molar-refractivity contribution in [3.05, 3.63) is 116 Å². The van der Waals surface area contributed by atoms with Crippen molar-refractivity contribution in [3.8, 4) is 17.2 Å². The lowest BCUT2D eigenvalue weighted by molar-refractivity contribution is -0.139. The highest BCUT2D eigenvalue weighted by Gasteiger charge is 2.34. The van der Waals surface area contributed by atoms with Gasteiger partial charge in [0.25, 0.3) is 5.56 Å². The molecule has 5 rings (SSSR count). The van der Waals surface area contributed by atoms with Gasteiger partial charge in [0.05, 0.1) is 50.6 Å². The number of carbonyl (C=O) groups is 1. The minimum atomic E-state index is -0.786. The van der Waals surface area contributed by atoms with Crippen LogP contribution in [0.3, 0.4) is 0 Å². The molecule has 46 heavy (non-hydrogen) atoms. The molecule has 1 atom stereocenters. The molecule has 2 heterocycles. The molecule has 0 bridgehead atoms. The Bertz CT molecular complexity index is 1980. The van der Waals surface area contributed by atoms with Crippen LogP contribution < -0.4 is 29.1 Å². The van der Waals surface area contributed by atoms with Crippen molar-refractivity contribution in [2.45, 2.75) is 40.3 Å². The second kappa shape index (κ2) is 15.0. The van der Waals surface area contributed by atoms with Gasteiger partial charge in [-0.25, -0.2) is 9.79 Å². The number of carbonyl (C=O) groups excluding carboxylic acids is 1. The maximum atomic E-state index is 14.1. The normalized spacial score (nSPS) is 14.5. The molecule has 1 aliphatic rings. The van der Waals surface area contributed by atoms with Gasteiger partial charge in [0.2, 0.25) is 0 Å². The Morgan fingerprint density at radius 1 is 0.978 bits per heavy atom. The smallest absolute Gasteiger partial charge is 0.338 e. The molecule has 240 valence electrons. The topological polar surface area (TPSA) is 88.4 Å². The van der Waals surface area contributed by atoms with E-state index < -0.39 is 12.0 Å². The first-order chi connectivity index (χ1) is 22.2. The summed E-state index contributed by atoms with van der Waals surface area (Å²) in [7, 11) is 0. The highest BCUT2D eigenvalue weighted by atomic mass is 79.9. The lowest BCUT2D eigenvalue weighted by atomic mass is 9.95. The third-order valence-electron chi connectivity index (χ3n) is 7.05. The van der Waals surface area contributed by atoms with Crippen LogP contribution in [-0.4, -0.2) is 30.4 Å². The van der Waals surface area contributed by atoms with E-state index >= 15 is 0 Å². The fourth-order valence-corrected chi connectivity index (χ4v) is 7.75. The van der Waals surface area contributed by atoms with Crippen molar-refractivity contribution in [1.29, 1.82) is 0 Å². The number of nitrogens with zero attached hydrogens (tertiary/aromatic N) is 2. The van der Waals surface area contributed by atoms with Gasteiger partial charge in [0.15, 0.2) is 16.3 Å². The molecule has 1 aliphatic heterocycles. The number of aromatic nitrogens is 1. The molecular weight excluding hydrogens is 760 g/mol. The zero-order valence-corrected chi connectivity index (χ0v) is 30.3. The molecular formula is C34H31Br2ClN2O6S. The predicted octanol–water partition coefficient (Wildman–Crippen LogP) is 7.35. The fraction of sp³-hybridized carbons (Fsp3) is 0.265. The average molecular weight is 791 g/mol. The van der Waals surface area contributed by atoms with Gasteiger partial charge in [-0.15, -0.1) is 0 Å². The Kier molecular flexibility index (Phi) is 11.1. The number of halogens is 3. The lowest BCUT2D eigenvalue weighted by Gasteiger charge is -2.25. The van der Waals surface area contributed by atoms with Gasteiger partial charge in [-0.2, -0.15) is 0 Å². The van der Waals surface area contributed by atoms with Gasteiger partial charge in [0.1, 0.15) is 12.4 Å². The highest BCUT2D eigenvalue weighted by molar-refractivity contribution is 9.11. The van der Waals surface area contributed by atoms with Crippen LogP contribution in [0.2, 0.25) is 5.02 Å². The Balaban J connectivity index is 1.59. The largest absolute Gasteiger partial charge is 0.490 e. The van der Waals surface area contributed by atoms with Crippen LogP contribution >= 0.6 is 54.8 Å². The van der Waals surface area contributed by atoms with Gasteiger partial charge in [-0.1, -0.05) is 47.2 Å². The zero-order valence-electron chi connectivity index (χ0n) is 25.6. The maximum Gasteiger partial charge on any atom is 0.338 e. The van der Waals surface area contributed by atoms with Gasteiger partial charge in [-0.3, -0.25) is 9.36 Å². The van der Waals surface area contributed by atoms with E-state index in [1.165, 1.54) is 11.3 Å². The van der Waals surface area contributed by atoms with Gasteiger partial charge in [0, 0.05) is 10.6 Å². The van der Waals surface area contributed by atoms with Crippen molar-refractivity contribution >= 4 is 66.8 Å². The molecule has 3 aromatic carbocycles. The van der Waals surface area contributed by atoms with Gasteiger partial charge < -0.3 is 18.9 Å². The predicted molar refractivity (Wildman–Crippen MR) is 187 cm³/mol. The van der Waals surface area contributed by atoms with Crippen molar-refractivity contribution in [2.24, 2.45) is 4.99 Å². The van der Waals surface area contributed by atoms with Gasteiger partial charge in [-0.05, 0) is 107 Å². The van der Waals surface area contributed by atoms with Crippen LogP contribution in [0.25, 0.3) is 6.08 Å². The summed E-state index contributed by atoms with van der Waals surface area (Å²) in [4.78, 5) is 32.6. The van der Waals surface area contributed by atoms with Crippen molar-refractivity contribution in [1.82, 2.24) is 4.57 Å². The van der Waals surface area contributed by atoms with Crippen LogP contribution in [0.4, 0.5) is 0 Å². The number of hydrogen-bond donors (Lipinski definition) is 0. The first-order valence-electron chi connectivity index (χ1n) is 14.6. The van der Waals surface area contributed by atoms with Crippen LogP contribution in [0.1, 0.15) is 50.4 Å². The highest BCUT2D eigenvalue weighted by Crippen LogP contribution is 2.38. The minimum Gasteiger partial charge on any atom is -0.490 e. The molecule has 0 fully saturated rings. The number of ether oxygens (including phenoxy) is 4. The summed E-state index contributed by atoms with van der Waals surface area (Å²) in [6.45, 7) is 8.62. The quantitative estimate of drug-likeness (QED) is 0.148.